The molecule has 1 N–H and O–H groups in total. The van der Waals surface area contributed by atoms with Crippen LogP contribution in [0.15, 0.2) is 4.34 Å². The summed E-state index contributed by atoms with van der Waals surface area (Å²) >= 11 is 8.44. The lowest BCUT2D eigenvalue weighted by Crippen LogP contribution is -2.10. The molecule has 12 heavy (non-hydrogen) atoms. The Morgan fingerprint density at radius 3 is 2.92 bits per heavy atom. The van der Waals surface area contributed by atoms with E-state index in [0.29, 0.717) is 5.75 Å². The molecule has 0 radical (unpaired) electrons. The highest BCUT2D eigenvalue weighted by Crippen LogP contribution is 2.22. The Morgan fingerprint density at radius 2 is 2.42 bits per heavy atom. The normalized spacial score (nSPS) is 13.2. The summed E-state index contributed by atoms with van der Waals surface area (Å²) in [5, 5.41) is 17.8. The molecule has 1 unspecified atom stereocenters. The number of hydrogen-bond donors (Lipinski definition) is 1. The number of aryl methyl sites for hydroxylation is 1. The molecule has 0 saturated heterocycles. The van der Waals surface area contributed by atoms with Crippen molar-refractivity contribution in [2.45, 2.75) is 17.4 Å². The minimum Gasteiger partial charge on any atom is -0.391 e. The quantitative estimate of drug-likeness (QED) is 0.623. The summed E-state index contributed by atoms with van der Waals surface area (Å²) in [4.78, 5) is 0. The molecule has 0 fully saturated rings. The molecule has 0 bridgehead atoms. The molecule has 0 spiro atoms. The SMILES string of the molecule is Cc1nnc(SCC(O)CCl)s1. The molecule has 0 aliphatic rings. The van der Waals surface area contributed by atoms with Crippen LogP contribution in [0.5, 0.6) is 0 Å². The summed E-state index contributed by atoms with van der Waals surface area (Å²) in [6.45, 7) is 1.90. The molecule has 1 aromatic heterocycles. The third-order valence-corrected chi connectivity index (χ3v) is 3.56. The van der Waals surface area contributed by atoms with E-state index in [9.17, 15) is 0 Å². The van der Waals surface area contributed by atoms with Crippen LogP contribution in [0.3, 0.4) is 0 Å². The Kier molecular flexibility index (Phi) is 4.28. The van der Waals surface area contributed by atoms with Gasteiger partial charge in [-0.1, -0.05) is 23.1 Å². The molecule has 3 nitrogen and oxygen atoms in total. The molecule has 68 valence electrons. The van der Waals surface area contributed by atoms with Crippen LogP contribution >= 0.6 is 34.7 Å². The number of aliphatic hydroxyl groups is 1. The van der Waals surface area contributed by atoms with Crippen molar-refractivity contribution in [3.8, 4) is 0 Å². The molecule has 0 aromatic carbocycles. The first-order valence-electron chi connectivity index (χ1n) is 3.39. The lowest BCUT2D eigenvalue weighted by atomic mass is 10.5. The van der Waals surface area contributed by atoms with Crippen LogP contribution in [0.1, 0.15) is 5.01 Å². The number of alkyl halides is 1. The average molecular weight is 225 g/mol. The van der Waals surface area contributed by atoms with Gasteiger partial charge in [-0.3, -0.25) is 0 Å². The highest BCUT2D eigenvalue weighted by molar-refractivity contribution is 8.01. The molecule has 1 aromatic rings. The molecule has 0 amide bonds. The zero-order chi connectivity index (χ0) is 8.97. The molecule has 0 saturated carbocycles. The zero-order valence-electron chi connectivity index (χ0n) is 6.53. The van der Waals surface area contributed by atoms with Crippen LogP contribution in [0.2, 0.25) is 0 Å². The van der Waals surface area contributed by atoms with E-state index in [-0.39, 0.29) is 5.88 Å². The first kappa shape index (κ1) is 10.2. The molecular weight excluding hydrogens is 216 g/mol. The fraction of sp³-hybridized carbons (Fsp3) is 0.667. The van der Waals surface area contributed by atoms with Gasteiger partial charge in [0.2, 0.25) is 0 Å². The van der Waals surface area contributed by atoms with E-state index in [1.807, 2.05) is 6.92 Å². The predicted molar refractivity (Wildman–Crippen MR) is 52.1 cm³/mol. The van der Waals surface area contributed by atoms with Crippen molar-refractivity contribution in [3.05, 3.63) is 5.01 Å². The van der Waals surface area contributed by atoms with Crippen LogP contribution in [0.4, 0.5) is 0 Å². The Hall–Kier alpha value is 0.160. The van der Waals surface area contributed by atoms with Gasteiger partial charge in [-0.25, -0.2) is 0 Å². The van der Waals surface area contributed by atoms with E-state index >= 15 is 0 Å². The number of thioether (sulfide) groups is 1. The Morgan fingerprint density at radius 1 is 1.67 bits per heavy atom. The van der Waals surface area contributed by atoms with Crippen molar-refractivity contribution in [3.63, 3.8) is 0 Å². The molecular formula is C6H9ClN2OS2. The number of hydrogen-bond acceptors (Lipinski definition) is 5. The van der Waals surface area contributed by atoms with Crippen molar-refractivity contribution in [2.75, 3.05) is 11.6 Å². The summed E-state index contributed by atoms with van der Waals surface area (Å²) in [5.41, 5.74) is 0. The number of rotatable bonds is 4. The summed E-state index contributed by atoms with van der Waals surface area (Å²) < 4.78 is 0.886. The first-order valence-corrected chi connectivity index (χ1v) is 5.73. The van der Waals surface area contributed by atoms with Crippen LogP contribution in [-0.4, -0.2) is 33.0 Å². The molecule has 0 aliphatic carbocycles. The van der Waals surface area contributed by atoms with Gasteiger partial charge in [-0.05, 0) is 6.92 Å². The van der Waals surface area contributed by atoms with Crippen LogP contribution < -0.4 is 0 Å². The largest absolute Gasteiger partial charge is 0.391 e. The summed E-state index contributed by atoms with van der Waals surface area (Å²) in [6, 6.07) is 0. The maximum absolute atomic E-state index is 9.13. The minimum absolute atomic E-state index is 0.269. The summed E-state index contributed by atoms with van der Waals surface area (Å²) in [7, 11) is 0. The Balaban J connectivity index is 2.33. The second-order valence-electron chi connectivity index (χ2n) is 2.21. The van der Waals surface area contributed by atoms with Gasteiger partial charge in [0, 0.05) is 11.6 Å². The lowest BCUT2D eigenvalue weighted by Gasteiger charge is -2.01. The van der Waals surface area contributed by atoms with E-state index in [4.69, 9.17) is 16.7 Å². The molecule has 0 aliphatic heterocycles. The second kappa shape index (κ2) is 5.01. The molecule has 6 heteroatoms. The monoisotopic (exact) mass is 224 g/mol. The summed E-state index contributed by atoms with van der Waals surface area (Å²) in [5.74, 6) is 0.850. The maximum Gasteiger partial charge on any atom is 0.174 e. The Bertz CT molecular complexity index is 243. The van der Waals surface area contributed by atoms with Gasteiger partial charge < -0.3 is 5.11 Å². The highest BCUT2D eigenvalue weighted by Gasteiger charge is 2.05. The van der Waals surface area contributed by atoms with Gasteiger partial charge in [-0.15, -0.1) is 21.8 Å². The summed E-state index contributed by atoms with van der Waals surface area (Å²) in [6.07, 6.45) is -0.458. The van der Waals surface area contributed by atoms with Crippen molar-refractivity contribution in [1.29, 1.82) is 0 Å². The van der Waals surface area contributed by atoms with E-state index < -0.39 is 6.10 Å². The van der Waals surface area contributed by atoms with Crippen LogP contribution in [-0.2, 0) is 0 Å². The van der Waals surface area contributed by atoms with E-state index in [2.05, 4.69) is 10.2 Å². The standard InChI is InChI=1S/C6H9ClN2OS2/c1-4-8-9-6(12-4)11-3-5(10)2-7/h5,10H,2-3H2,1H3. The fourth-order valence-corrected chi connectivity index (χ4v) is 2.56. The van der Waals surface area contributed by atoms with Gasteiger partial charge in [0.1, 0.15) is 5.01 Å². The van der Waals surface area contributed by atoms with Gasteiger partial charge in [-0.2, -0.15) is 0 Å². The first-order chi connectivity index (χ1) is 5.72. The van der Waals surface area contributed by atoms with Gasteiger partial charge >= 0.3 is 0 Å². The number of nitrogens with zero attached hydrogens (tertiary/aromatic N) is 2. The number of aromatic nitrogens is 2. The number of halogens is 1. The smallest absolute Gasteiger partial charge is 0.174 e. The fourth-order valence-electron chi connectivity index (χ4n) is 0.549. The lowest BCUT2D eigenvalue weighted by molar-refractivity contribution is 0.223. The Labute approximate surface area is 84.2 Å². The maximum atomic E-state index is 9.13. The minimum atomic E-state index is -0.458. The highest BCUT2D eigenvalue weighted by atomic mass is 35.5. The second-order valence-corrected chi connectivity index (χ2v) is 4.96. The third kappa shape index (κ3) is 3.26. The number of aliphatic hydroxyl groups excluding tert-OH is 1. The average Bonchev–Trinajstić information content (AvgIpc) is 2.47. The van der Waals surface area contributed by atoms with E-state index in [1.54, 1.807) is 0 Å². The van der Waals surface area contributed by atoms with E-state index in [0.717, 1.165) is 9.35 Å². The van der Waals surface area contributed by atoms with Crippen LogP contribution in [0.25, 0.3) is 0 Å². The third-order valence-electron chi connectivity index (χ3n) is 1.08. The van der Waals surface area contributed by atoms with Gasteiger partial charge in [0.15, 0.2) is 4.34 Å². The van der Waals surface area contributed by atoms with Crippen molar-refractivity contribution < 1.29 is 5.11 Å². The van der Waals surface area contributed by atoms with Gasteiger partial charge in [0.05, 0.1) is 6.10 Å². The molecule has 1 rings (SSSR count). The molecule has 1 heterocycles. The van der Waals surface area contributed by atoms with Crippen molar-refractivity contribution in [2.24, 2.45) is 0 Å². The topological polar surface area (TPSA) is 46.0 Å². The van der Waals surface area contributed by atoms with Crippen LogP contribution in [0, 0.1) is 6.92 Å². The molecule has 1 atom stereocenters. The van der Waals surface area contributed by atoms with Crippen molar-refractivity contribution in [1.82, 2.24) is 10.2 Å². The zero-order valence-corrected chi connectivity index (χ0v) is 8.92. The predicted octanol–water partition coefficient (Wildman–Crippen LogP) is 1.54. The van der Waals surface area contributed by atoms with E-state index in [1.165, 1.54) is 23.1 Å². The van der Waals surface area contributed by atoms with Crippen molar-refractivity contribution >= 4 is 34.7 Å². The van der Waals surface area contributed by atoms with Gasteiger partial charge in [0.25, 0.3) is 0 Å².